The fourth-order valence-corrected chi connectivity index (χ4v) is 2.73. The normalized spacial score (nSPS) is 30.4. The molecule has 104 valence electrons. The number of likely N-dealkylation sites (tertiary alicyclic amines) is 1. The maximum atomic E-state index is 12.3. The SMILES string of the molecule is COCC1CCN(C(=O)C2CNC(C)CN2)CC1. The van der Waals surface area contributed by atoms with Crippen LogP contribution in [0.2, 0.25) is 0 Å². The lowest BCUT2D eigenvalue weighted by molar-refractivity contribution is -0.135. The molecule has 0 radical (unpaired) electrons. The predicted octanol–water partition coefficient (Wildman–Crippen LogP) is -0.179. The van der Waals surface area contributed by atoms with Gasteiger partial charge in [-0.15, -0.1) is 0 Å². The number of piperazine rings is 1. The van der Waals surface area contributed by atoms with Crippen LogP contribution < -0.4 is 10.6 Å². The molecule has 5 nitrogen and oxygen atoms in total. The lowest BCUT2D eigenvalue weighted by Gasteiger charge is -2.36. The highest BCUT2D eigenvalue weighted by Crippen LogP contribution is 2.18. The number of amides is 1. The van der Waals surface area contributed by atoms with Crippen LogP contribution in [0.15, 0.2) is 0 Å². The molecule has 18 heavy (non-hydrogen) atoms. The number of hydrogen-bond acceptors (Lipinski definition) is 4. The minimum absolute atomic E-state index is 0.0415. The minimum Gasteiger partial charge on any atom is -0.384 e. The van der Waals surface area contributed by atoms with Crippen molar-refractivity contribution < 1.29 is 9.53 Å². The van der Waals surface area contributed by atoms with E-state index in [1.165, 1.54) is 0 Å². The number of piperidine rings is 1. The summed E-state index contributed by atoms with van der Waals surface area (Å²) in [7, 11) is 1.75. The van der Waals surface area contributed by atoms with Crippen LogP contribution in [0.25, 0.3) is 0 Å². The number of carbonyl (C=O) groups excluding carboxylic acids is 1. The summed E-state index contributed by atoms with van der Waals surface area (Å²) in [5.74, 6) is 0.877. The van der Waals surface area contributed by atoms with E-state index in [0.29, 0.717) is 12.0 Å². The van der Waals surface area contributed by atoms with Gasteiger partial charge < -0.3 is 20.3 Å². The van der Waals surface area contributed by atoms with Crippen LogP contribution >= 0.6 is 0 Å². The standard InChI is InChI=1S/C13H25N3O2/c1-10-7-15-12(8-14-10)13(17)16-5-3-11(4-6-16)9-18-2/h10-12,14-15H,3-9H2,1-2H3. The molecule has 2 atom stereocenters. The van der Waals surface area contributed by atoms with Crippen LogP contribution in [0.5, 0.6) is 0 Å². The molecule has 2 unspecified atom stereocenters. The van der Waals surface area contributed by atoms with Crippen molar-refractivity contribution in [3.8, 4) is 0 Å². The van der Waals surface area contributed by atoms with Gasteiger partial charge in [0.15, 0.2) is 0 Å². The van der Waals surface area contributed by atoms with E-state index in [1.54, 1.807) is 7.11 Å². The van der Waals surface area contributed by atoms with Crippen molar-refractivity contribution in [2.45, 2.75) is 31.8 Å². The van der Waals surface area contributed by atoms with E-state index in [2.05, 4.69) is 17.6 Å². The lowest BCUT2D eigenvalue weighted by atomic mass is 9.97. The van der Waals surface area contributed by atoms with Gasteiger partial charge in [-0.3, -0.25) is 4.79 Å². The summed E-state index contributed by atoms with van der Waals surface area (Å²) in [5.41, 5.74) is 0. The molecule has 0 saturated carbocycles. The number of carbonyl (C=O) groups is 1. The van der Waals surface area contributed by atoms with E-state index in [-0.39, 0.29) is 11.9 Å². The average molecular weight is 255 g/mol. The second-order valence-electron chi connectivity index (χ2n) is 5.49. The minimum atomic E-state index is -0.0415. The fourth-order valence-electron chi connectivity index (χ4n) is 2.73. The van der Waals surface area contributed by atoms with E-state index in [1.807, 2.05) is 4.90 Å². The monoisotopic (exact) mass is 255 g/mol. The Bertz CT molecular complexity index is 269. The Hall–Kier alpha value is -0.650. The largest absolute Gasteiger partial charge is 0.384 e. The van der Waals surface area contributed by atoms with E-state index >= 15 is 0 Å². The number of ether oxygens (including phenoxy) is 1. The number of rotatable bonds is 3. The van der Waals surface area contributed by atoms with Crippen molar-refractivity contribution >= 4 is 5.91 Å². The van der Waals surface area contributed by atoms with Crippen molar-refractivity contribution in [3.63, 3.8) is 0 Å². The molecule has 2 saturated heterocycles. The smallest absolute Gasteiger partial charge is 0.241 e. The zero-order chi connectivity index (χ0) is 13.0. The Balaban J connectivity index is 1.77. The number of hydrogen-bond donors (Lipinski definition) is 2. The zero-order valence-electron chi connectivity index (χ0n) is 11.4. The molecule has 0 aliphatic carbocycles. The van der Waals surface area contributed by atoms with Crippen LogP contribution in [0.3, 0.4) is 0 Å². The van der Waals surface area contributed by atoms with Crippen LogP contribution in [0, 0.1) is 5.92 Å². The summed E-state index contributed by atoms with van der Waals surface area (Å²) in [6, 6.07) is 0.418. The van der Waals surface area contributed by atoms with Crippen molar-refractivity contribution in [3.05, 3.63) is 0 Å². The Morgan fingerprint density at radius 2 is 2.00 bits per heavy atom. The van der Waals surface area contributed by atoms with Gasteiger partial charge >= 0.3 is 0 Å². The Labute approximate surface area is 109 Å². The summed E-state index contributed by atoms with van der Waals surface area (Å²) in [4.78, 5) is 14.3. The van der Waals surface area contributed by atoms with Crippen LogP contribution in [-0.4, -0.2) is 62.8 Å². The van der Waals surface area contributed by atoms with Gasteiger partial charge in [-0.2, -0.15) is 0 Å². The summed E-state index contributed by atoms with van der Waals surface area (Å²) < 4.78 is 5.18. The molecular formula is C13H25N3O2. The predicted molar refractivity (Wildman–Crippen MR) is 70.4 cm³/mol. The Kier molecular flexibility index (Phi) is 4.97. The lowest BCUT2D eigenvalue weighted by Crippen LogP contribution is -2.60. The zero-order valence-corrected chi connectivity index (χ0v) is 11.4. The van der Waals surface area contributed by atoms with Gasteiger partial charge in [-0.05, 0) is 25.7 Å². The van der Waals surface area contributed by atoms with Gasteiger partial charge in [-0.1, -0.05) is 0 Å². The van der Waals surface area contributed by atoms with Crippen molar-refractivity contribution in [1.82, 2.24) is 15.5 Å². The molecule has 2 aliphatic rings. The topological polar surface area (TPSA) is 53.6 Å². The molecule has 2 N–H and O–H groups in total. The second kappa shape index (κ2) is 6.50. The quantitative estimate of drug-likeness (QED) is 0.735. The first-order chi connectivity index (χ1) is 8.70. The van der Waals surface area contributed by atoms with Crippen LogP contribution in [0.1, 0.15) is 19.8 Å². The third kappa shape index (κ3) is 3.43. The number of nitrogens with one attached hydrogen (secondary N) is 2. The summed E-state index contributed by atoms with van der Waals surface area (Å²) in [6.07, 6.45) is 2.13. The molecule has 0 bridgehead atoms. The molecule has 0 aromatic rings. The Morgan fingerprint density at radius 3 is 2.56 bits per heavy atom. The highest BCUT2D eigenvalue weighted by Gasteiger charge is 2.29. The second-order valence-corrected chi connectivity index (χ2v) is 5.49. The molecule has 2 heterocycles. The summed E-state index contributed by atoms with van der Waals surface area (Å²) in [6.45, 7) is 6.32. The molecule has 5 heteroatoms. The third-order valence-electron chi connectivity index (χ3n) is 3.97. The van der Waals surface area contributed by atoms with Crippen LogP contribution in [0.4, 0.5) is 0 Å². The van der Waals surface area contributed by atoms with E-state index in [9.17, 15) is 4.79 Å². The molecule has 1 amide bonds. The van der Waals surface area contributed by atoms with Crippen molar-refractivity contribution in [2.75, 3.05) is 39.9 Å². The maximum Gasteiger partial charge on any atom is 0.241 e. The number of methoxy groups -OCH3 is 1. The van der Waals surface area contributed by atoms with Crippen LogP contribution in [-0.2, 0) is 9.53 Å². The van der Waals surface area contributed by atoms with Crippen molar-refractivity contribution in [1.29, 1.82) is 0 Å². The average Bonchev–Trinajstić information content (AvgIpc) is 2.40. The van der Waals surface area contributed by atoms with Gasteiger partial charge in [0.05, 0.1) is 6.04 Å². The van der Waals surface area contributed by atoms with Gasteiger partial charge in [0.2, 0.25) is 5.91 Å². The molecular weight excluding hydrogens is 230 g/mol. The molecule has 2 rings (SSSR count). The molecule has 2 aliphatic heterocycles. The molecule has 0 spiro atoms. The molecule has 0 aromatic heterocycles. The highest BCUT2D eigenvalue weighted by atomic mass is 16.5. The van der Waals surface area contributed by atoms with Crippen molar-refractivity contribution in [2.24, 2.45) is 5.92 Å². The van der Waals surface area contributed by atoms with E-state index in [4.69, 9.17) is 4.74 Å². The van der Waals surface area contributed by atoms with Gasteiger partial charge in [0.1, 0.15) is 0 Å². The first-order valence-electron chi connectivity index (χ1n) is 6.95. The first kappa shape index (κ1) is 13.8. The highest BCUT2D eigenvalue weighted by molar-refractivity contribution is 5.82. The van der Waals surface area contributed by atoms with E-state index in [0.717, 1.165) is 45.6 Å². The van der Waals surface area contributed by atoms with Gasteiger partial charge in [-0.25, -0.2) is 0 Å². The van der Waals surface area contributed by atoms with Gasteiger partial charge in [0, 0.05) is 45.9 Å². The third-order valence-corrected chi connectivity index (χ3v) is 3.97. The maximum absolute atomic E-state index is 12.3. The summed E-state index contributed by atoms with van der Waals surface area (Å²) in [5, 5.41) is 6.68. The number of nitrogens with zero attached hydrogens (tertiary/aromatic N) is 1. The van der Waals surface area contributed by atoms with E-state index < -0.39 is 0 Å². The molecule has 2 fully saturated rings. The fraction of sp³-hybridized carbons (Fsp3) is 0.923. The van der Waals surface area contributed by atoms with Gasteiger partial charge in [0.25, 0.3) is 0 Å². The molecule has 0 aromatic carbocycles. The summed E-state index contributed by atoms with van der Waals surface area (Å²) >= 11 is 0. The first-order valence-corrected chi connectivity index (χ1v) is 6.95. The Morgan fingerprint density at radius 1 is 1.28 bits per heavy atom.